The topological polar surface area (TPSA) is 151 Å². The van der Waals surface area contributed by atoms with Gasteiger partial charge in [0.2, 0.25) is 5.91 Å². The summed E-state index contributed by atoms with van der Waals surface area (Å²) in [6.07, 6.45) is 41.9. The van der Waals surface area contributed by atoms with Gasteiger partial charge in [-0.25, -0.2) is 4.57 Å². The number of unbranched alkanes of at least 4 members (excludes halogenated alkanes) is 19. The van der Waals surface area contributed by atoms with Gasteiger partial charge in [0, 0.05) is 6.54 Å². The second-order valence-corrected chi connectivity index (χ2v) is 15.5. The molecule has 0 heterocycles. The Bertz CT molecular complexity index is 972. The number of carbonyl (C=O) groups excluding carboxylic acids is 1. The quantitative estimate of drug-likeness (QED) is 0.0181. The van der Waals surface area contributed by atoms with Crippen LogP contribution in [0.4, 0.5) is 0 Å². The first-order valence-electron chi connectivity index (χ1n) is 20.9. The predicted octanol–water partition coefficient (Wildman–Crippen LogP) is 10.3. The maximum Gasteiger partial charge on any atom is 0.472 e. The minimum Gasteiger partial charge on any atom is -0.393 e. The fraction of sp³-hybridized carbons (Fsp3) is 0.786. The van der Waals surface area contributed by atoms with Gasteiger partial charge in [0.25, 0.3) is 0 Å². The van der Waals surface area contributed by atoms with Crippen molar-refractivity contribution in [2.24, 2.45) is 5.73 Å². The average molecular weight is 755 g/mol. The van der Waals surface area contributed by atoms with Crippen LogP contribution in [0.25, 0.3) is 0 Å². The molecular weight excluding hydrogens is 675 g/mol. The number of amides is 1. The Balaban J connectivity index is 4.39. The molecule has 0 aromatic carbocycles. The first-order valence-corrected chi connectivity index (χ1v) is 22.4. The van der Waals surface area contributed by atoms with Crippen molar-refractivity contribution >= 4 is 13.7 Å². The van der Waals surface area contributed by atoms with Crippen LogP contribution < -0.4 is 11.1 Å². The highest BCUT2D eigenvalue weighted by atomic mass is 31.2. The highest BCUT2D eigenvalue weighted by molar-refractivity contribution is 7.47. The molecule has 0 aliphatic rings. The number of hydrogen-bond donors (Lipinski definition) is 5. The Morgan fingerprint density at radius 1 is 0.673 bits per heavy atom. The summed E-state index contributed by atoms with van der Waals surface area (Å²) in [5.41, 5.74) is 5.35. The van der Waals surface area contributed by atoms with Crippen molar-refractivity contribution in [3.05, 3.63) is 48.6 Å². The molecule has 0 fully saturated rings. The molecule has 9 nitrogen and oxygen atoms in total. The third kappa shape index (κ3) is 35.4. The van der Waals surface area contributed by atoms with Crippen molar-refractivity contribution in [3.63, 3.8) is 0 Å². The second kappa shape index (κ2) is 37.7. The van der Waals surface area contributed by atoms with Crippen molar-refractivity contribution in [3.8, 4) is 0 Å². The molecule has 6 N–H and O–H groups in total. The molecule has 4 unspecified atom stereocenters. The Morgan fingerprint density at radius 2 is 1.15 bits per heavy atom. The number of rotatable bonds is 38. The molecule has 0 saturated heterocycles. The van der Waals surface area contributed by atoms with Crippen molar-refractivity contribution in [1.29, 1.82) is 0 Å². The summed E-state index contributed by atoms with van der Waals surface area (Å²) in [6.45, 7) is 3.89. The number of nitrogens with one attached hydrogen (secondary N) is 1. The standard InChI is InChI=1S/C42H79N2O7P/c1-3-5-7-9-11-13-15-17-18-19-20-22-23-25-27-29-31-33-39(45)37-42(47)44-40(38-51-52(48,49)50-36-35-43)41(46)34-32-30-28-26-24-21-16-14-12-10-8-6-4-2/h11,13,15,17,24,26,32,34,39-41,45-46H,3-10,12,14,16,18-23,25,27-31,33,35-38,43H2,1-2H3,(H,44,47)(H,48,49)/b13-11-,17-15-,26-24+,34-32+. The number of aliphatic hydroxyl groups is 2. The number of nitrogens with two attached hydrogens (primary N) is 1. The Kier molecular flexibility index (Phi) is 36.6. The molecule has 0 aliphatic carbocycles. The highest BCUT2D eigenvalue weighted by Gasteiger charge is 2.27. The molecule has 0 aromatic heterocycles. The van der Waals surface area contributed by atoms with Crippen LogP contribution in [0, 0.1) is 0 Å². The van der Waals surface area contributed by atoms with Crippen LogP contribution in [-0.4, -0.2) is 59.0 Å². The average Bonchev–Trinajstić information content (AvgIpc) is 3.12. The summed E-state index contributed by atoms with van der Waals surface area (Å²) in [7, 11) is -4.41. The van der Waals surface area contributed by atoms with E-state index < -0.39 is 38.6 Å². The summed E-state index contributed by atoms with van der Waals surface area (Å²) < 4.78 is 22.0. The summed E-state index contributed by atoms with van der Waals surface area (Å²) >= 11 is 0. The monoisotopic (exact) mass is 755 g/mol. The van der Waals surface area contributed by atoms with E-state index in [9.17, 15) is 24.5 Å². The van der Waals surface area contributed by atoms with Crippen LogP contribution >= 0.6 is 7.82 Å². The van der Waals surface area contributed by atoms with Gasteiger partial charge in [0.1, 0.15) is 0 Å². The van der Waals surface area contributed by atoms with Crippen LogP contribution in [0.1, 0.15) is 174 Å². The molecule has 0 saturated carbocycles. The zero-order valence-corrected chi connectivity index (χ0v) is 34.0. The maximum atomic E-state index is 12.8. The fourth-order valence-corrected chi connectivity index (χ4v) is 6.53. The Morgan fingerprint density at radius 3 is 1.75 bits per heavy atom. The largest absolute Gasteiger partial charge is 0.472 e. The van der Waals surface area contributed by atoms with Gasteiger partial charge in [-0.05, 0) is 57.8 Å². The van der Waals surface area contributed by atoms with Gasteiger partial charge < -0.3 is 26.2 Å². The van der Waals surface area contributed by atoms with Gasteiger partial charge in [-0.15, -0.1) is 0 Å². The van der Waals surface area contributed by atoms with Crippen LogP contribution in [-0.2, 0) is 18.4 Å². The van der Waals surface area contributed by atoms with Crippen LogP contribution in [0.15, 0.2) is 48.6 Å². The normalized spacial score (nSPS) is 15.3. The summed E-state index contributed by atoms with van der Waals surface area (Å²) in [5, 5.41) is 24.0. The van der Waals surface area contributed by atoms with Gasteiger partial charge in [-0.3, -0.25) is 13.8 Å². The van der Waals surface area contributed by atoms with E-state index in [1.165, 1.54) is 103 Å². The zero-order chi connectivity index (χ0) is 38.4. The number of allylic oxidation sites excluding steroid dienone is 7. The number of phosphoric ester groups is 1. The molecular formula is C42H79N2O7P. The van der Waals surface area contributed by atoms with E-state index in [0.717, 1.165) is 38.5 Å². The van der Waals surface area contributed by atoms with E-state index in [-0.39, 0.29) is 19.6 Å². The van der Waals surface area contributed by atoms with Crippen molar-refractivity contribution in [2.45, 2.75) is 193 Å². The Labute approximate surface area is 318 Å². The van der Waals surface area contributed by atoms with Gasteiger partial charge in [-0.2, -0.15) is 0 Å². The van der Waals surface area contributed by atoms with E-state index in [1.807, 2.05) is 6.08 Å². The minimum absolute atomic E-state index is 0.0422. The lowest BCUT2D eigenvalue weighted by molar-refractivity contribution is -0.124. The molecule has 304 valence electrons. The molecule has 0 aromatic rings. The van der Waals surface area contributed by atoms with Crippen molar-refractivity contribution in [2.75, 3.05) is 19.8 Å². The van der Waals surface area contributed by atoms with Crippen molar-refractivity contribution < 1.29 is 33.5 Å². The Hall–Kier alpha value is -1.58. The first kappa shape index (κ1) is 50.4. The summed E-state index contributed by atoms with van der Waals surface area (Å²) in [5.74, 6) is -0.463. The maximum absolute atomic E-state index is 12.8. The van der Waals surface area contributed by atoms with E-state index in [2.05, 4.69) is 55.6 Å². The van der Waals surface area contributed by atoms with Gasteiger partial charge in [0.15, 0.2) is 0 Å². The third-order valence-corrected chi connectivity index (χ3v) is 9.94. The molecule has 0 spiro atoms. The molecule has 0 aliphatic heterocycles. The van der Waals surface area contributed by atoms with Gasteiger partial charge in [-0.1, -0.05) is 159 Å². The fourth-order valence-electron chi connectivity index (χ4n) is 5.77. The number of hydrogen-bond acceptors (Lipinski definition) is 7. The minimum atomic E-state index is -4.41. The van der Waals surface area contributed by atoms with Crippen LogP contribution in [0.3, 0.4) is 0 Å². The van der Waals surface area contributed by atoms with Crippen LogP contribution in [0.5, 0.6) is 0 Å². The molecule has 0 radical (unpaired) electrons. The summed E-state index contributed by atoms with van der Waals surface area (Å²) in [6, 6.07) is -1.00. The summed E-state index contributed by atoms with van der Waals surface area (Å²) in [4.78, 5) is 22.7. The zero-order valence-electron chi connectivity index (χ0n) is 33.1. The molecule has 10 heteroatoms. The predicted molar refractivity (Wildman–Crippen MR) is 218 cm³/mol. The highest BCUT2D eigenvalue weighted by Crippen LogP contribution is 2.43. The number of phosphoric acid groups is 1. The smallest absolute Gasteiger partial charge is 0.393 e. The molecule has 0 rings (SSSR count). The third-order valence-electron chi connectivity index (χ3n) is 8.96. The van der Waals surface area contributed by atoms with Gasteiger partial charge >= 0.3 is 7.82 Å². The lowest BCUT2D eigenvalue weighted by atomic mass is 10.0. The van der Waals surface area contributed by atoms with E-state index in [0.29, 0.717) is 12.8 Å². The molecule has 4 atom stereocenters. The number of carbonyl (C=O) groups is 1. The van der Waals surface area contributed by atoms with Crippen LogP contribution in [0.2, 0.25) is 0 Å². The van der Waals surface area contributed by atoms with E-state index in [4.69, 9.17) is 14.8 Å². The lowest BCUT2D eigenvalue weighted by Crippen LogP contribution is -2.46. The van der Waals surface area contributed by atoms with Crippen molar-refractivity contribution in [1.82, 2.24) is 5.32 Å². The molecule has 1 amide bonds. The molecule has 52 heavy (non-hydrogen) atoms. The second-order valence-electron chi connectivity index (χ2n) is 14.1. The van der Waals surface area contributed by atoms with E-state index >= 15 is 0 Å². The van der Waals surface area contributed by atoms with Gasteiger partial charge in [0.05, 0.1) is 37.9 Å². The molecule has 0 bridgehead atoms. The van der Waals surface area contributed by atoms with E-state index in [1.54, 1.807) is 6.08 Å². The SMILES string of the molecule is CCCCC/C=C\C=C/CCCCCCCCCCC(O)CC(=O)NC(COP(=O)(O)OCCN)C(O)/C=C/CC/C=C/CCCCCCCCC. The number of aliphatic hydroxyl groups excluding tert-OH is 2. The lowest BCUT2D eigenvalue weighted by Gasteiger charge is -2.24. The first-order chi connectivity index (χ1) is 25.3.